The van der Waals surface area contributed by atoms with Crippen molar-refractivity contribution in [3.05, 3.63) is 57.6 Å². The zero-order valence-electron chi connectivity index (χ0n) is 15.2. The summed E-state index contributed by atoms with van der Waals surface area (Å²) in [5.41, 5.74) is 0.589. The van der Waals surface area contributed by atoms with E-state index >= 15 is 0 Å². The Labute approximate surface area is 168 Å². The Hall–Kier alpha value is -1.85. The Balaban J connectivity index is 1.68. The molecule has 0 spiro atoms. The van der Waals surface area contributed by atoms with Gasteiger partial charge in [0.25, 0.3) is 11.8 Å². The first-order valence-electron chi connectivity index (χ1n) is 9.64. The average molecular weight is 398 g/mol. The third kappa shape index (κ3) is 3.90. The minimum absolute atomic E-state index is 0.0362. The van der Waals surface area contributed by atoms with E-state index in [0.29, 0.717) is 10.5 Å². The molecular formula is C22H23NO2S2. The minimum atomic E-state index is -0.108. The molecule has 1 fully saturated rings. The molecule has 0 N–H and O–H groups in total. The van der Waals surface area contributed by atoms with Gasteiger partial charge in [-0.15, -0.1) is 11.3 Å². The third-order valence-electron chi connectivity index (χ3n) is 5.24. The zero-order valence-corrected chi connectivity index (χ0v) is 16.9. The van der Waals surface area contributed by atoms with Crippen LogP contribution in [0, 0.1) is 0 Å². The maximum Gasteiger partial charge on any atom is 0.268 e. The fourth-order valence-corrected chi connectivity index (χ4v) is 5.74. The summed E-state index contributed by atoms with van der Waals surface area (Å²) >= 11 is 2.95. The molecule has 0 bridgehead atoms. The Bertz CT molecular complexity index is 834. The molecular weight excluding hydrogens is 374 g/mol. The molecule has 2 aromatic rings. The minimum Gasteiger partial charge on any atom is -0.271 e. The Morgan fingerprint density at radius 2 is 1.56 bits per heavy atom. The Kier molecular flexibility index (Phi) is 5.79. The van der Waals surface area contributed by atoms with E-state index in [1.54, 1.807) is 4.90 Å². The summed E-state index contributed by atoms with van der Waals surface area (Å²) < 4.78 is 0. The van der Waals surface area contributed by atoms with Crippen LogP contribution in [0.4, 0.5) is 0 Å². The number of amides is 2. The first-order valence-corrected chi connectivity index (χ1v) is 11.3. The lowest BCUT2D eigenvalue weighted by atomic mass is 9.95. The fraction of sp³-hybridized carbons (Fsp3) is 0.364. The van der Waals surface area contributed by atoms with Crippen LogP contribution in [-0.4, -0.2) is 22.8 Å². The molecule has 2 aliphatic rings. The van der Waals surface area contributed by atoms with Crippen LogP contribution in [0.1, 0.15) is 49.8 Å². The molecule has 27 heavy (non-hydrogen) atoms. The number of thiophene rings is 1. The Morgan fingerprint density at radius 3 is 2.22 bits per heavy atom. The van der Waals surface area contributed by atoms with Crippen LogP contribution in [0.2, 0.25) is 0 Å². The van der Waals surface area contributed by atoms with Crippen LogP contribution >= 0.6 is 23.1 Å². The van der Waals surface area contributed by atoms with E-state index in [4.69, 9.17) is 0 Å². The number of hydrogen-bond donors (Lipinski definition) is 0. The van der Waals surface area contributed by atoms with Crippen LogP contribution in [0.5, 0.6) is 0 Å². The van der Waals surface area contributed by atoms with Gasteiger partial charge in [-0.1, -0.05) is 68.1 Å². The van der Waals surface area contributed by atoms with Crippen molar-refractivity contribution < 1.29 is 9.59 Å². The molecule has 4 rings (SSSR count). The molecule has 1 saturated carbocycles. The summed E-state index contributed by atoms with van der Waals surface area (Å²) in [6.45, 7) is 0. The standard InChI is InChI=1S/C22H23NO2S2/c24-21-19(18-14-9-15-26-18)20(27-17-12-7-4-8-13-17)22(25)23(21)16-10-5-2-1-3-6-11-16/h4,7-9,12-16H,1-3,5-6,10-11H2. The monoisotopic (exact) mass is 397 g/mol. The molecule has 0 atom stereocenters. The van der Waals surface area contributed by atoms with Crippen molar-refractivity contribution in [2.24, 2.45) is 0 Å². The lowest BCUT2D eigenvalue weighted by molar-refractivity contribution is -0.139. The van der Waals surface area contributed by atoms with Crippen LogP contribution in [0.3, 0.4) is 0 Å². The summed E-state index contributed by atoms with van der Waals surface area (Å²) in [7, 11) is 0. The second-order valence-electron chi connectivity index (χ2n) is 7.08. The van der Waals surface area contributed by atoms with E-state index in [-0.39, 0.29) is 17.9 Å². The van der Waals surface area contributed by atoms with E-state index in [0.717, 1.165) is 35.5 Å². The van der Waals surface area contributed by atoms with E-state index in [2.05, 4.69) is 0 Å². The van der Waals surface area contributed by atoms with Crippen molar-refractivity contribution in [3.8, 4) is 0 Å². The molecule has 3 nitrogen and oxygen atoms in total. The second-order valence-corrected chi connectivity index (χ2v) is 9.11. The zero-order chi connectivity index (χ0) is 18.6. The molecule has 1 aromatic heterocycles. The SMILES string of the molecule is O=C1C(Sc2ccccc2)=C(c2cccs2)C(=O)N1C1CCCCCCC1. The normalized spacial score (nSPS) is 19.5. The molecule has 0 saturated heterocycles. The van der Waals surface area contributed by atoms with E-state index in [1.165, 1.54) is 42.4 Å². The van der Waals surface area contributed by atoms with Crippen molar-refractivity contribution in [1.82, 2.24) is 4.90 Å². The molecule has 5 heteroatoms. The molecule has 1 aliphatic carbocycles. The number of hydrogen-bond acceptors (Lipinski definition) is 4. The van der Waals surface area contributed by atoms with Crippen molar-refractivity contribution in [2.75, 3.05) is 0 Å². The van der Waals surface area contributed by atoms with Gasteiger partial charge in [-0.05, 0) is 36.4 Å². The van der Waals surface area contributed by atoms with Crippen LogP contribution < -0.4 is 0 Å². The van der Waals surface area contributed by atoms with Gasteiger partial charge in [-0.2, -0.15) is 0 Å². The van der Waals surface area contributed by atoms with Crippen molar-refractivity contribution in [3.63, 3.8) is 0 Å². The number of carbonyl (C=O) groups is 2. The highest BCUT2D eigenvalue weighted by Gasteiger charge is 2.43. The first kappa shape index (κ1) is 18.5. The van der Waals surface area contributed by atoms with Gasteiger partial charge in [0.05, 0.1) is 10.5 Å². The van der Waals surface area contributed by atoms with Gasteiger partial charge in [-0.25, -0.2) is 0 Å². The maximum atomic E-state index is 13.4. The van der Waals surface area contributed by atoms with Crippen molar-refractivity contribution in [2.45, 2.75) is 55.9 Å². The van der Waals surface area contributed by atoms with Crippen LogP contribution in [0.25, 0.3) is 5.57 Å². The topological polar surface area (TPSA) is 37.4 Å². The molecule has 2 amide bonds. The summed E-state index contributed by atoms with van der Waals surface area (Å²) in [5, 5.41) is 1.96. The average Bonchev–Trinajstić information content (AvgIpc) is 3.24. The summed E-state index contributed by atoms with van der Waals surface area (Å²) in [5.74, 6) is -0.214. The third-order valence-corrected chi connectivity index (χ3v) is 7.22. The highest BCUT2D eigenvalue weighted by atomic mass is 32.2. The molecule has 1 aromatic carbocycles. The van der Waals surface area contributed by atoms with Gasteiger partial charge >= 0.3 is 0 Å². The molecule has 1 aliphatic heterocycles. The van der Waals surface area contributed by atoms with Gasteiger partial charge in [0.1, 0.15) is 0 Å². The van der Waals surface area contributed by atoms with Gasteiger partial charge in [0, 0.05) is 15.8 Å². The highest BCUT2D eigenvalue weighted by Crippen LogP contribution is 2.42. The van der Waals surface area contributed by atoms with Gasteiger partial charge in [0.15, 0.2) is 0 Å². The maximum absolute atomic E-state index is 13.4. The van der Waals surface area contributed by atoms with Crippen LogP contribution in [-0.2, 0) is 9.59 Å². The number of nitrogens with zero attached hydrogens (tertiary/aromatic N) is 1. The predicted molar refractivity (Wildman–Crippen MR) is 111 cm³/mol. The molecule has 140 valence electrons. The first-order chi connectivity index (χ1) is 13.3. The molecule has 0 radical (unpaired) electrons. The highest BCUT2D eigenvalue weighted by molar-refractivity contribution is 8.04. The van der Waals surface area contributed by atoms with Gasteiger partial charge < -0.3 is 0 Å². The van der Waals surface area contributed by atoms with E-state index in [1.807, 2.05) is 47.8 Å². The number of imide groups is 1. The largest absolute Gasteiger partial charge is 0.271 e. The summed E-state index contributed by atoms with van der Waals surface area (Å²) in [6, 6.07) is 13.8. The Morgan fingerprint density at radius 1 is 0.852 bits per heavy atom. The van der Waals surface area contributed by atoms with Gasteiger partial charge in [-0.3, -0.25) is 14.5 Å². The fourth-order valence-electron chi connectivity index (χ4n) is 3.89. The van der Waals surface area contributed by atoms with E-state index < -0.39 is 0 Å². The number of rotatable bonds is 4. The molecule has 0 unspecified atom stereocenters. The lowest BCUT2D eigenvalue weighted by Gasteiger charge is -2.28. The lowest BCUT2D eigenvalue weighted by Crippen LogP contribution is -2.41. The number of carbonyl (C=O) groups excluding carboxylic acids is 2. The molecule has 2 heterocycles. The quantitative estimate of drug-likeness (QED) is 0.618. The van der Waals surface area contributed by atoms with Crippen molar-refractivity contribution >= 4 is 40.5 Å². The second kappa shape index (κ2) is 8.44. The predicted octanol–water partition coefficient (Wildman–Crippen LogP) is 5.73. The van der Waals surface area contributed by atoms with Crippen molar-refractivity contribution in [1.29, 1.82) is 0 Å². The number of thioether (sulfide) groups is 1. The van der Waals surface area contributed by atoms with Gasteiger partial charge in [0.2, 0.25) is 0 Å². The summed E-state index contributed by atoms with van der Waals surface area (Å²) in [6.07, 6.45) is 7.71. The smallest absolute Gasteiger partial charge is 0.268 e. The van der Waals surface area contributed by atoms with Crippen LogP contribution in [0.15, 0.2) is 57.6 Å². The summed E-state index contributed by atoms with van der Waals surface area (Å²) in [4.78, 5) is 30.7. The van der Waals surface area contributed by atoms with E-state index in [9.17, 15) is 9.59 Å². The number of benzene rings is 1.